The van der Waals surface area contributed by atoms with Gasteiger partial charge in [0.05, 0.1) is 6.20 Å². The lowest BCUT2D eigenvalue weighted by molar-refractivity contribution is -0.127. The van der Waals surface area contributed by atoms with Crippen molar-refractivity contribution in [2.75, 3.05) is 30.3 Å². The van der Waals surface area contributed by atoms with Crippen molar-refractivity contribution in [1.82, 2.24) is 19.8 Å². The first-order chi connectivity index (χ1) is 15.6. The van der Waals surface area contributed by atoms with Gasteiger partial charge < -0.3 is 15.5 Å². The van der Waals surface area contributed by atoms with Crippen molar-refractivity contribution in [3.8, 4) is 0 Å². The first-order valence-electron chi connectivity index (χ1n) is 11.4. The van der Waals surface area contributed by atoms with E-state index in [2.05, 4.69) is 44.2 Å². The number of amides is 1. The topological polar surface area (TPSA) is 73.4 Å². The Bertz CT molecular complexity index is 1020. The zero-order chi connectivity index (χ0) is 22.1. The minimum absolute atomic E-state index is 0.0675. The average Bonchev–Trinajstić information content (AvgIpc) is 3.66. The molecule has 1 aromatic carbocycles. The monoisotopic (exact) mass is 436 g/mol. The average molecular weight is 437 g/mol. The van der Waals surface area contributed by atoms with Gasteiger partial charge in [-0.3, -0.25) is 9.69 Å². The van der Waals surface area contributed by atoms with Crippen LogP contribution in [0.25, 0.3) is 0 Å². The molecule has 2 aromatic rings. The van der Waals surface area contributed by atoms with Crippen LogP contribution in [0.2, 0.25) is 0 Å². The summed E-state index contributed by atoms with van der Waals surface area (Å²) in [4.78, 5) is 24.7. The van der Waals surface area contributed by atoms with Crippen molar-refractivity contribution in [3.05, 3.63) is 54.0 Å². The van der Waals surface area contributed by atoms with Crippen LogP contribution in [0.15, 0.2) is 37.1 Å². The predicted molar refractivity (Wildman–Crippen MR) is 122 cm³/mol. The number of likely N-dealkylation sites (tertiary alicyclic amines) is 1. The summed E-state index contributed by atoms with van der Waals surface area (Å²) in [6.07, 6.45) is 7.90. The molecule has 0 radical (unpaired) electrons. The third-order valence-electron chi connectivity index (χ3n) is 6.56. The number of carbonyl (C=O) groups is 1. The quantitative estimate of drug-likeness (QED) is 0.676. The summed E-state index contributed by atoms with van der Waals surface area (Å²) in [7, 11) is 0. The van der Waals surface area contributed by atoms with E-state index in [4.69, 9.17) is 0 Å². The molecule has 0 spiro atoms. The smallest absolute Gasteiger partial charge is 0.246 e. The van der Waals surface area contributed by atoms with Gasteiger partial charge in [0.1, 0.15) is 0 Å². The second-order valence-corrected chi connectivity index (χ2v) is 8.92. The number of aromatic nitrogens is 2. The molecule has 0 bridgehead atoms. The van der Waals surface area contributed by atoms with Crippen LogP contribution in [0, 0.1) is 5.82 Å². The summed E-state index contributed by atoms with van der Waals surface area (Å²) in [6.45, 7) is 6.86. The van der Waals surface area contributed by atoms with Gasteiger partial charge >= 0.3 is 0 Å². The number of carbonyl (C=O) groups excluding carboxylic acids is 1. The molecule has 3 heterocycles. The van der Waals surface area contributed by atoms with Crippen molar-refractivity contribution in [3.63, 3.8) is 0 Å². The van der Waals surface area contributed by atoms with Crippen molar-refractivity contribution in [2.45, 2.75) is 50.7 Å². The normalized spacial score (nSPS) is 21.0. The molecule has 1 saturated heterocycles. The fourth-order valence-electron chi connectivity index (χ4n) is 4.68. The number of fused-ring (bicyclic) bond motifs is 1. The number of anilines is 3. The summed E-state index contributed by atoms with van der Waals surface area (Å²) in [5.41, 5.74) is 3.63. The number of hydrogen-bond acceptors (Lipinski definition) is 6. The van der Waals surface area contributed by atoms with E-state index >= 15 is 0 Å². The Morgan fingerprint density at radius 1 is 1.22 bits per heavy atom. The van der Waals surface area contributed by atoms with E-state index in [1.165, 1.54) is 36.2 Å². The van der Waals surface area contributed by atoms with E-state index in [1.54, 1.807) is 4.90 Å². The van der Waals surface area contributed by atoms with Gasteiger partial charge in [0.15, 0.2) is 11.6 Å². The highest BCUT2D eigenvalue weighted by atomic mass is 19.1. The van der Waals surface area contributed by atoms with E-state index in [0.29, 0.717) is 19.0 Å². The fourth-order valence-corrected chi connectivity index (χ4v) is 4.68. The van der Waals surface area contributed by atoms with Gasteiger partial charge in [-0.2, -0.15) is 4.98 Å². The SMILES string of the molecule is C=CC(=O)N1CCCC(Nc2nc(Nc3ccc4c(c3)CN(C3CC3)CC4)ncc2F)C1. The summed E-state index contributed by atoms with van der Waals surface area (Å²) in [6, 6.07) is 7.04. The molecule has 168 valence electrons. The maximum absolute atomic E-state index is 14.4. The molecule has 3 aliphatic rings. The molecule has 8 heteroatoms. The number of piperidine rings is 1. The fraction of sp³-hybridized carbons (Fsp3) is 0.458. The Morgan fingerprint density at radius 2 is 2.09 bits per heavy atom. The first-order valence-corrected chi connectivity index (χ1v) is 11.4. The molecule has 7 nitrogen and oxygen atoms in total. The van der Waals surface area contributed by atoms with Gasteiger partial charge in [-0.15, -0.1) is 0 Å². The van der Waals surface area contributed by atoms with Crippen LogP contribution in [-0.2, 0) is 17.8 Å². The van der Waals surface area contributed by atoms with Crippen LogP contribution in [0.3, 0.4) is 0 Å². The second-order valence-electron chi connectivity index (χ2n) is 8.92. The predicted octanol–water partition coefficient (Wildman–Crippen LogP) is 3.47. The van der Waals surface area contributed by atoms with Crippen LogP contribution in [0.1, 0.15) is 36.8 Å². The van der Waals surface area contributed by atoms with Crippen LogP contribution in [0.4, 0.5) is 21.8 Å². The number of benzene rings is 1. The molecule has 1 amide bonds. The summed E-state index contributed by atoms with van der Waals surface area (Å²) < 4.78 is 14.4. The van der Waals surface area contributed by atoms with Crippen molar-refractivity contribution < 1.29 is 9.18 Å². The second kappa shape index (κ2) is 8.86. The molecule has 1 saturated carbocycles. The molecule has 5 rings (SSSR count). The molecule has 2 fully saturated rings. The zero-order valence-electron chi connectivity index (χ0n) is 18.2. The Kier molecular flexibility index (Phi) is 5.78. The highest BCUT2D eigenvalue weighted by molar-refractivity contribution is 5.87. The van der Waals surface area contributed by atoms with E-state index in [0.717, 1.165) is 44.1 Å². The summed E-state index contributed by atoms with van der Waals surface area (Å²) in [5.74, 6) is -0.111. The maximum atomic E-state index is 14.4. The highest BCUT2D eigenvalue weighted by Gasteiger charge is 2.31. The van der Waals surface area contributed by atoms with E-state index in [-0.39, 0.29) is 17.8 Å². The van der Waals surface area contributed by atoms with Crippen LogP contribution in [-0.4, -0.2) is 57.4 Å². The van der Waals surface area contributed by atoms with Crippen molar-refractivity contribution in [2.24, 2.45) is 0 Å². The van der Waals surface area contributed by atoms with Crippen LogP contribution < -0.4 is 10.6 Å². The molecule has 2 aliphatic heterocycles. The Balaban J connectivity index is 1.27. The number of nitrogens with zero attached hydrogens (tertiary/aromatic N) is 4. The van der Waals surface area contributed by atoms with E-state index in [1.807, 2.05) is 6.07 Å². The molecular weight excluding hydrogens is 407 g/mol. The first kappa shape index (κ1) is 20.9. The van der Waals surface area contributed by atoms with Gasteiger partial charge in [0.2, 0.25) is 11.9 Å². The third kappa shape index (κ3) is 4.60. The number of hydrogen-bond donors (Lipinski definition) is 2. The molecular formula is C24H29FN6O. The van der Waals surface area contributed by atoms with Gasteiger partial charge in [-0.1, -0.05) is 12.6 Å². The molecule has 1 aliphatic carbocycles. The molecule has 1 unspecified atom stereocenters. The number of nitrogens with one attached hydrogen (secondary N) is 2. The number of rotatable bonds is 6. The Labute approximate surface area is 187 Å². The van der Waals surface area contributed by atoms with Gasteiger partial charge in [-0.25, -0.2) is 9.37 Å². The minimum atomic E-state index is -0.506. The molecule has 1 aromatic heterocycles. The Morgan fingerprint density at radius 3 is 2.91 bits per heavy atom. The maximum Gasteiger partial charge on any atom is 0.246 e. The van der Waals surface area contributed by atoms with Crippen molar-refractivity contribution >= 4 is 23.4 Å². The zero-order valence-corrected chi connectivity index (χ0v) is 18.2. The van der Waals surface area contributed by atoms with Crippen LogP contribution in [0.5, 0.6) is 0 Å². The summed E-state index contributed by atoms with van der Waals surface area (Å²) >= 11 is 0. The highest BCUT2D eigenvalue weighted by Crippen LogP contribution is 2.32. The Hall–Kier alpha value is -3.00. The van der Waals surface area contributed by atoms with Crippen molar-refractivity contribution in [1.29, 1.82) is 0 Å². The lowest BCUT2D eigenvalue weighted by Gasteiger charge is -2.32. The van der Waals surface area contributed by atoms with Gasteiger partial charge in [0, 0.05) is 44.0 Å². The molecule has 32 heavy (non-hydrogen) atoms. The summed E-state index contributed by atoms with van der Waals surface area (Å²) in [5, 5.41) is 6.39. The number of halogens is 1. The minimum Gasteiger partial charge on any atom is -0.363 e. The van der Waals surface area contributed by atoms with Gasteiger partial charge in [-0.05, 0) is 61.4 Å². The lowest BCUT2D eigenvalue weighted by Crippen LogP contribution is -2.44. The third-order valence-corrected chi connectivity index (χ3v) is 6.56. The lowest BCUT2D eigenvalue weighted by atomic mass is 9.99. The van der Waals surface area contributed by atoms with E-state index < -0.39 is 5.82 Å². The van der Waals surface area contributed by atoms with Crippen LogP contribution >= 0.6 is 0 Å². The molecule has 2 N–H and O–H groups in total. The van der Waals surface area contributed by atoms with Gasteiger partial charge in [0.25, 0.3) is 0 Å². The largest absolute Gasteiger partial charge is 0.363 e. The molecule has 1 atom stereocenters. The standard InChI is InChI=1S/C24H29FN6O/c1-2-22(32)31-10-3-4-19(15-31)27-23-21(25)13-26-24(29-23)28-18-6-5-16-9-11-30(20-7-8-20)14-17(16)12-18/h2,5-6,12-13,19-20H,1,3-4,7-11,14-15H2,(H2,26,27,28,29). The van der Waals surface area contributed by atoms with E-state index in [9.17, 15) is 9.18 Å².